The number of hydrogen-bond acceptors (Lipinski definition) is 2. The Morgan fingerprint density at radius 3 is 2.55 bits per heavy atom. The zero-order chi connectivity index (χ0) is 7.56. The lowest BCUT2D eigenvalue weighted by Crippen LogP contribution is -2.34. The molecule has 0 bridgehead atoms. The first kappa shape index (κ1) is 10.7. The largest absolute Gasteiger partial charge is 0.330 e. The predicted octanol–water partition coefficient (Wildman–Crippen LogP) is 0.550. The third-order valence-corrected chi connectivity index (χ3v) is 1.62. The normalized spacial score (nSPS) is 17.4. The molecule has 1 aliphatic heterocycles. The molecule has 0 radical (unpaired) electrons. The molecule has 11 heavy (non-hydrogen) atoms. The van der Waals surface area contributed by atoms with Gasteiger partial charge in [0.1, 0.15) is 0 Å². The fourth-order valence-corrected chi connectivity index (χ4v) is 1.19. The number of carbonyl (C=O) groups excluding carboxylic acids is 1. The minimum atomic E-state index is 0. The van der Waals surface area contributed by atoms with Gasteiger partial charge in [-0.3, -0.25) is 9.69 Å². The van der Waals surface area contributed by atoms with Gasteiger partial charge in [-0.05, 0) is 20.5 Å². The van der Waals surface area contributed by atoms with Crippen molar-refractivity contribution in [1.29, 1.82) is 0 Å². The van der Waals surface area contributed by atoms with Crippen molar-refractivity contribution in [3.8, 4) is 0 Å². The molecule has 1 heterocycles. The number of likely N-dealkylation sites (tertiary alicyclic amines) is 1. The van der Waals surface area contributed by atoms with E-state index in [-0.39, 0.29) is 12.4 Å². The third-order valence-electron chi connectivity index (χ3n) is 1.62. The van der Waals surface area contributed by atoms with E-state index in [4.69, 9.17) is 0 Å². The number of hydrogen-bond donors (Lipinski definition) is 0. The summed E-state index contributed by atoms with van der Waals surface area (Å²) >= 11 is 0. The molecule has 66 valence electrons. The molecule has 0 N–H and O–H groups in total. The molecular formula is C7H15ClN2O. The Morgan fingerprint density at radius 1 is 1.55 bits per heavy atom. The molecule has 4 heteroatoms. The molecule has 0 unspecified atom stereocenters. The Hall–Kier alpha value is -0.280. The number of halogens is 1. The van der Waals surface area contributed by atoms with Crippen molar-refractivity contribution in [2.24, 2.45) is 0 Å². The maximum Gasteiger partial charge on any atom is 0.223 e. The van der Waals surface area contributed by atoms with Crippen molar-refractivity contribution in [2.75, 3.05) is 27.3 Å². The highest BCUT2D eigenvalue weighted by atomic mass is 35.5. The average Bonchev–Trinajstić information content (AvgIpc) is 2.15. The highest BCUT2D eigenvalue weighted by Gasteiger charge is 2.19. The summed E-state index contributed by atoms with van der Waals surface area (Å²) < 4.78 is 0. The summed E-state index contributed by atoms with van der Waals surface area (Å²) in [5, 5.41) is 0. The van der Waals surface area contributed by atoms with E-state index >= 15 is 0 Å². The molecule has 3 nitrogen and oxygen atoms in total. The van der Waals surface area contributed by atoms with Crippen molar-refractivity contribution >= 4 is 18.3 Å². The van der Waals surface area contributed by atoms with Gasteiger partial charge in [-0.1, -0.05) is 0 Å². The molecule has 1 amide bonds. The Balaban J connectivity index is 0.000001000. The first-order chi connectivity index (χ1) is 4.70. The molecule has 0 saturated carbocycles. The Morgan fingerprint density at radius 2 is 2.18 bits per heavy atom. The zero-order valence-corrected chi connectivity index (χ0v) is 7.86. The lowest BCUT2D eigenvalue weighted by atomic mass is 10.4. The van der Waals surface area contributed by atoms with Gasteiger partial charge in [0.25, 0.3) is 0 Å². The van der Waals surface area contributed by atoms with Crippen molar-refractivity contribution in [3.63, 3.8) is 0 Å². The third kappa shape index (κ3) is 3.08. The second-order valence-electron chi connectivity index (χ2n) is 2.98. The Kier molecular flexibility index (Phi) is 4.45. The summed E-state index contributed by atoms with van der Waals surface area (Å²) in [6, 6.07) is 0. The topological polar surface area (TPSA) is 23.6 Å². The molecule has 0 aromatic heterocycles. The van der Waals surface area contributed by atoms with Gasteiger partial charge in [-0.2, -0.15) is 0 Å². The summed E-state index contributed by atoms with van der Waals surface area (Å²) in [5.74, 6) is 0.300. The smallest absolute Gasteiger partial charge is 0.223 e. The van der Waals surface area contributed by atoms with Gasteiger partial charge in [-0.15, -0.1) is 12.4 Å². The van der Waals surface area contributed by atoms with Crippen molar-refractivity contribution in [2.45, 2.75) is 12.8 Å². The van der Waals surface area contributed by atoms with E-state index in [0.29, 0.717) is 5.91 Å². The van der Waals surface area contributed by atoms with E-state index in [2.05, 4.69) is 0 Å². The lowest BCUT2D eigenvalue weighted by molar-refractivity contribution is -0.129. The average molecular weight is 179 g/mol. The van der Waals surface area contributed by atoms with E-state index in [1.54, 1.807) is 0 Å². The number of rotatable bonds is 2. The summed E-state index contributed by atoms with van der Waals surface area (Å²) in [6.07, 6.45) is 1.78. The van der Waals surface area contributed by atoms with Crippen LogP contribution in [0.4, 0.5) is 0 Å². The molecule has 0 atom stereocenters. The van der Waals surface area contributed by atoms with Crippen LogP contribution in [0.1, 0.15) is 12.8 Å². The minimum absolute atomic E-state index is 0. The maximum absolute atomic E-state index is 11.0. The second-order valence-corrected chi connectivity index (χ2v) is 2.98. The van der Waals surface area contributed by atoms with E-state index in [9.17, 15) is 4.79 Å². The number of carbonyl (C=O) groups is 1. The van der Waals surface area contributed by atoms with Crippen LogP contribution in [0.5, 0.6) is 0 Å². The molecule has 1 aliphatic rings. The first-order valence-corrected chi connectivity index (χ1v) is 3.62. The van der Waals surface area contributed by atoms with Crippen LogP contribution in [0, 0.1) is 0 Å². The highest BCUT2D eigenvalue weighted by molar-refractivity contribution is 5.85. The summed E-state index contributed by atoms with van der Waals surface area (Å²) in [6.45, 7) is 1.72. The molecule has 1 saturated heterocycles. The van der Waals surface area contributed by atoms with Crippen LogP contribution in [0.15, 0.2) is 0 Å². The quantitative estimate of drug-likeness (QED) is 0.617. The molecule has 1 rings (SSSR count). The predicted molar refractivity (Wildman–Crippen MR) is 46.7 cm³/mol. The molecule has 0 aromatic rings. The SMILES string of the molecule is CN(C)CN1CCCC1=O.Cl. The van der Waals surface area contributed by atoms with Crippen LogP contribution in [0.25, 0.3) is 0 Å². The molecule has 0 spiro atoms. The summed E-state index contributed by atoms with van der Waals surface area (Å²) in [4.78, 5) is 14.9. The molecule has 1 fully saturated rings. The first-order valence-electron chi connectivity index (χ1n) is 3.62. The van der Waals surface area contributed by atoms with Crippen LogP contribution in [-0.4, -0.2) is 43.0 Å². The number of amides is 1. The highest BCUT2D eigenvalue weighted by Crippen LogP contribution is 2.08. The summed E-state index contributed by atoms with van der Waals surface area (Å²) in [5.41, 5.74) is 0. The fourth-order valence-electron chi connectivity index (χ4n) is 1.19. The van der Waals surface area contributed by atoms with E-state index in [0.717, 1.165) is 26.1 Å². The lowest BCUT2D eigenvalue weighted by Gasteiger charge is -2.19. The van der Waals surface area contributed by atoms with Crippen molar-refractivity contribution < 1.29 is 4.79 Å². The van der Waals surface area contributed by atoms with Gasteiger partial charge < -0.3 is 4.90 Å². The zero-order valence-electron chi connectivity index (χ0n) is 7.04. The van der Waals surface area contributed by atoms with E-state index in [1.807, 2.05) is 23.9 Å². The van der Waals surface area contributed by atoms with Crippen molar-refractivity contribution in [3.05, 3.63) is 0 Å². The summed E-state index contributed by atoms with van der Waals surface area (Å²) in [7, 11) is 3.96. The van der Waals surface area contributed by atoms with Gasteiger partial charge in [0.15, 0.2) is 0 Å². The van der Waals surface area contributed by atoms with Gasteiger partial charge in [0.05, 0.1) is 6.67 Å². The molecular weight excluding hydrogens is 164 g/mol. The van der Waals surface area contributed by atoms with E-state index in [1.165, 1.54) is 0 Å². The second kappa shape index (κ2) is 4.57. The van der Waals surface area contributed by atoms with Gasteiger partial charge in [-0.25, -0.2) is 0 Å². The van der Waals surface area contributed by atoms with Crippen LogP contribution in [-0.2, 0) is 4.79 Å². The minimum Gasteiger partial charge on any atom is -0.330 e. The van der Waals surface area contributed by atoms with Crippen LogP contribution >= 0.6 is 12.4 Å². The van der Waals surface area contributed by atoms with Gasteiger partial charge >= 0.3 is 0 Å². The Bertz CT molecular complexity index is 138. The van der Waals surface area contributed by atoms with Crippen LogP contribution < -0.4 is 0 Å². The molecule has 0 aliphatic carbocycles. The van der Waals surface area contributed by atoms with E-state index < -0.39 is 0 Å². The maximum atomic E-state index is 11.0. The molecule has 0 aromatic carbocycles. The van der Waals surface area contributed by atoms with Crippen molar-refractivity contribution in [1.82, 2.24) is 9.80 Å². The van der Waals surface area contributed by atoms with Gasteiger partial charge in [0, 0.05) is 13.0 Å². The van der Waals surface area contributed by atoms with Gasteiger partial charge in [0.2, 0.25) is 5.91 Å². The number of nitrogens with zero attached hydrogens (tertiary/aromatic N) is 2. The van der Waals surface area contributed by atoms with Crippen LogP contribution in [0.3, 0.4) is 0 Å². The van der Waals surface area contributed by atoms with Crippen LogP contribution in [0.2, 0.25) is 0 Å². The standard InChI is InChI=1S/C7H14N2O.ClH/c1-8(2)6-9-5-3-4-7(9)10;/h3-6H2,1-2H3;1H. The fraction of sp³-hybridized carbons (Fsp3) is 0.857. The monoisotopic (exact) mass is 178 g/mol. The Labute approximate surface area is 73.8 Å².